The van der Waals surface area contributed by atoms with Crippen molar-refractivity contribution in [2.45, 2.75) is 4.90 Å². The molecule has 23 heavy (non-hydrogen) atoms. The van der Waals surface area contributed by atoms with Crippen LogP contribution in [0.25, 0.3) is 0 Å². The minimum atomic E-state index is -3.92. The van der Waals surface area contributed by atoms with Crippen LogP contribution in [0.15, 0.2) is 72.9 Å². The van der Waals surface area contributed by atoms with Crippen LogP contribution >= 0.6 is 31.9 Å². The Labute approximate surface area is 150 Å². The lowest BCUT2D eigenvalue weighted by molar-refractivity contribution is 0.104. The molecule has 0 spiro atoms. The summed E-state index contributed by atoms with van der Waals surface area (Å²) >= 11 is 6.49. The van der Waals surface area contributed by atoms with E-state index in [4.69, 9.17) is 0 Å². The van der Waals surface area contributed by atoms with Gasteiger partial charge < -0.3 is 0 Å². The number of halogens is 2. The van der Waals surface area contributed by atoms with Crippen LogP contribution in [0.5, 0.6) is 0 Å². The molecular weight excluding hydrogens is 446 g/mol. The molecule has 116 valence electrons. The topological polar surface area (TPSA) is 63.6 Å². The van der Waals surface area contributed by atoms with E-state index in [9.17, 15) is 13.2 Å². The van der Waals surface area contributed by atoms with E-state index in [-0.39, 0.29) is 16.4 Å². The maximum atomic E-state index is 12.6. The van der Waals surface area contributed by atoms with E-state index in [0.29, 0.717) is 20.1 Å². The van der Waals surface area contributed by atoms with Gasteiger partial charge in [-0.05, 0) is 46.3 Å². The maximum absolute atomic E-state index is 12.6. The lowest BCUT2D eigenvalue weighted by atomic mass is 9.95. The zero-order chi connectivity index (χ0) is 16.6. The van der Waals surface area contributed by atoms with Gasteiger partial charge in [0.05, 0.1) is 5.71 Å². The fourth-order valence-corrected chi connectivity index (χ4v) is 4.67. The summed E-state index contributed by atoms with van der Waals surface area (Å²) < 4.78 is 30.2. The molecule has 1 aliphatic carbocycles. The van der Waals surface area contributed by atoms with E-state index in [0.717, 1.165) is 0 Å². The number of nitrogens with zero attached hydrogens (tertiary/aromatic N) is 1. The Balaban J connectivity index is 2.16. The van der Waals surface area contributed by atoms with E-state index in [1.165, 1.54) is 18.2 Å². The van der Waals surface area contributed by atoms with Crippen molar-refractivity contribution in [3.63, 3.8) is 0 Å². The average Bonchev–Trinajstić information content (AvgIpc) is 2.52. The van der Waals surface area contributed by atoms with Crippen LogP contribution in [0.3, 0.4) is 0 Å². The smallest absolute Gasteiger partial charge is 0.284 e. The van der Waals surface area contributed by atoms with Gasteiger partial charge in [0.15, 0.2) is 5.78 Å². The summed E-state index contributed by atoms with van der Waals surface area (Å²) in [6.45, 7) is 0. The van der Waals surface area contributed by atoms with E-state index in [2.05, 4.69) is 36.3 Å². The van der Waals surface area contributed by atoms with Crippen molar-refractivity contribution < 1.29 is 13.2 Å². The molecule has 4 nitrogen and oxygen atoms in total. The van der Waals surface area contributed by atoms with Crippen molar-refractivity contribution in [3.05, 3.63) is 74.7 Å². The number of allylic oxidation sites excluding steroid dienone is 2. The molecule has 0 bridgehead atoms. The quantitative estimate of drug-likeness (QED) is 0.684. The summed E-state index contributed by atoms with van der Waals surface area (Å²) in [6, 6.07) is 11.6. The van der Waals surface area contributed by atoms with Crippen molar-refractivity contribution in [2.75, 3.05) is 0 Å². The molecule has 0 aliphatic heterocycles. The van der Waals surface area contributed by atoms with Gasteiger partial charge in [0, 0.05) is 20.1 Å². The number of carbonyl (C=O) groups excluding carboxylic acids is 1. The highest BCUT2D eigenvalue weighted by Gasteiger charge is 2.22. The third-order valence-corrected chi connectivity index (χ3v) is 6.03. The van der Waals surface area contributed by atoms with Crippen molar-refractivity contribution >= 4 is 53.4 Å². The van der Waals surface area contributed by atoms with Crippen LogP contribution in [-0.4, -0.2) is 19.9 Å². The summed E-state index contributed by atoms with van der Waals surface area (Å²) in [5.74, 6) is -0.166. The van der Waals surface area contributed by atoms with E-state index in [1.54, 1.807) is 36.4 Å². The first kappa shape index (κ1) is 16.3. The summed E-state index contributed by atoms with van der Waals surface area (Å²) in [4.78, 5) is 11.9. The molecule has 0 heterocycles. The Morgan fingerprint density at radius 2 is 1.61 bits per heavy atom. The third kappa shape index (κ3) is 3.22. The predicted molar refractivity (Wildman–Crippen MR) is 95.5 cm³/mol. The van der Waals surface area contributed by atoms with Gasteiger partial charge in [0.2, 0.25) is 0 Å². The van der Waals surface area contributed by atoms with Crippen LogP contribution in [0.4, 0.5) is 0 Å². The van der Waals surface area contributed by atoms with Crippen molar-refractivity contribution in [2.24, 2.45) is 4.40 Å². The number of ketones is 1. The zero-order valence-corrected chi connectivity index (χ0v) is 15.5. The molecule has 3 rings (SSSR count). The molecule has 0 saturated heterocycles. The van der Waals surface area contributed by atoms with Gasteiger partial charge in [-0.1, -0.05) is 40.2 Å². The van der Waals surface area contributed by atoms with Crippen LogP contribution < -0.4 is 0 Å². The Kier molecular flexibility index (Phi) is 4.35. The Hall–Kier alpha value is -1.57. The molecular formula is C16H9Br2NO3S. The summed E-state index contributed by atoms with van der Waals surface area (Å²) in [6.07, 6.45) is 2.75. The second kappa shape index (κ2) is 6.14. The number of rotatable bonds is 2. The van der Waals surface area contributed by atoms with Gasteiger partial charge in [0.1, 0.15) is 4.90 Å². The molecule has 0 fully saturated rings. The minimum Gasteiger partial charge on any atom is -0.289 e. The molecule has 0 N–H and O–H groups in total. The van der Waals surface area contributed by atoms with Crippen LogP contribution in [0.2, 0.25) is 0 Å². The van der Waals surface area contributed by atoms with Gasteiger partial charge in [-0.2, -0.15) is 12.8 Å². The normalized spacial score (nSPS) is 15.7. The van der Waals surface area contributed by atoms with Gasteiger partial charge >= 0.3 is 0 Å². The third-order valence-electron chi connectivity index (χ3n) is 3.25. The summed E-state index contributed by atoms with van der Waals surface area (Å²) in [5.41, 5.74) is 1.19. The molecule has 0 amide bonds. The second-order valence-corrected chi connectivity index (χ2v) is 8.11. The van der Waals surface area contributed by atoms with Crippen LogP contribution in [-0.2, 0) is 10.0 Å². The maximum Gasteiger partial charge on any atom is 0.284 e. The van der Waals surface area contributed by atoms with E-state index in [1.807, 2.05) is 0 Å². The Morgan fingerprint density at radius 1 is 0.913 bits per heavy atom. The predicted octanol–water partition coefficient (Wildman–Crippen LogP) is 4.14. The van der Waals surface area contributed by atoms with Gasteiger partial charge in [-0.3, -0.25) is 4.79 Å². The molecule has 0 atom stereocenters. The lowest BCUT2D eigenvalue weighted by Crippen LogP contribution is -2.14. The molecule has 2 aromatic rings. The molecule has 0 saturated carbocycles. The first-order valence-electron chi connectivity index (χ1n) is 6.50. The summed E-state index contributed by atoms with van der Waals surface area (Å²) in [7, 11) is -3.92. The van der Waals surface area contributed by atoms with Gasteiger partial charge in [-0.25, -0.2) is 0 Å². The highest BCUT2D eigenvalue weighted by atomic mass is 79.9. The minimum absolute atomic E-state index is 0.0576. The zero-order valence-electron chi connectivity index (χ0n) is 11.5. The van der Waals surface area contributed by atoms with Crippen LogP contribution in [0, 0.1) is 0 Å². The molecule has 7 heteroatoms. The highest BCUT2D eigenvalue weighted by Crippen LogP contribution is 2.28. The molecule has 0 unspecified atom stereocenters. The molecule has 0 radical (unpaired) electrons. The fraction of sp³-hybridized carbons (Fsp3) is 0. The van der Waals surface area contributed by atoms with Crippen molar-refractivity contribution in [3.8, 4) is 0 Å². The number of sulfonamides is 1. The number of fused-ring (bicyclic) bond motifs is 1. The standard InChI is InChI=1S/C16H9Br2NO3S/c17-10-5-6-13(18)16(9-10)23(21,22)19-14-7-8-15(20)12-4-2-1-3-11(12)14/h1-9H/b19-14+. The largest absolute Gasteiger partial charge is 0.289 e. The van der Waals surface area contributed by atoms with E-state index < -0.39 is 10.0 Å². The number of hydrogen-bond donors (Lipinski definition) is 0. The highest BCUT2D eigenvalue weighted by molar-refractivity contribution is 9.11. The van der Waals surface area contributed by atoms with Gasteiger partial charge in [-0.15, -0.1) is 0 Å². The number of benzene rings is 2. The molecule has 1 aliphatic rings. The van der Waals surface area contributed by atoms with Crippen molar-refractivity contribution in [1.29, 1.82) is 0 Å². The summed E-state index contributed by atoms with van der Waals surface area (Å²) in [5, 5.41) is 0. The van der Waals surface area contributed by atoms with E-state index >= 15 is 0 Å². The fourth-order valence-electron chi connectivity index (χ4n) is 2.19. The monoisotopic (exact) mass is 453 g/mol. The SMILES string of the molecule is O=C1C=C/C(=N\S(=O)(=O)c2cc(Br)ccc2Br)c2ccccc21. The lowest BCUT2D eigenvalue weighted by Gasteiger charge is -2.12. The second-order valence-electron chi connectivity index (χ2n) is 4.77. The Morgan fingerprint density at radius 3 is 2.35 bits per heavy atom. The molecule has 2 aromatic carbocycles. The number of carbonyl (C=O) groups is 1. The number of hydrogen-bond acceptors (Lipinski definition) is 3. The van der Waals surface area contributed by atoms with Gasteiger partial charge in [0.25, 0.3) is 10.0 Å². The average molecular weight is 455 g/mol. The first-order chi connectivity index (χ1) is 10.9. The van der Waals surface area contributed by atoms with Crippen molar-refractivity contribution in [1.82, 2.24) is 0 Å². The van der Waals surface area contributed by atoms with Crippen LogP contribution in [0.1, 0.15) is 15.9 Å². The Bertz CT molecular complexity index is 979. The first-order valence-corrected chi connectivity index (χ1v) is 9.53. The molecule has 0 aromatic heterocycles.